The van der Waals surface area contributed by atoms with Gasteiger partial charge in [0, 0.05) is 31.7 Å². The van der Waals surface area contributed by atoms with E-state index in [4.69, 9.17) is 0 Å². The van der Waals surface area contributed by atoms with Crippen LogP contribution in [0.4, 0.5) is 4.39 Å². The summed E-state index contributed by atoms with van der Waals surface area (Å²) in [5.74, 6) is -1.48. The van der Waals surface area contributed by atoms with E-state index < -0.39 is 17.5 Å². The molecule has 0 spiro atoms. The molecule has 0 aromatic heterocycles. The summed E-state index contributed by atoms with van der Waals surface area (Å²) in [4.78, 5) is 27.8. The van der Waals surface area contributed by atoms with Crippen LogP contribution in [0.3, 0.4) is 0 Å². The SMILES string of the molecule is CCN1CCN(C(=O)C(=O)c2ccc(F)cc2)CC1. The largest absolute Gasteiger partial charge is 0.333 e. The topological polar surface area (TPSA) is 40.6 Å². The monoisotopic (exact) mass is 264 g/mol. The molecular weight excluding hydrogens is 247 g/mol. The van der Waals surface area contributed by atoms with Crippen LogP contribution in [0, 0.1) is 5.82 Å². The third kappa shape index (κ3) is 3.17. The van der Waals surface area contributed by atoms with E-state index in [0.717, 1.165) is 19.6 Å². The van der Waals surface area contributed by atoms with Crippen LogP contribution in [0.15, 0.2) is 24.3 Å². The fourth-order valence-electron chi connectivity index (χ4n) is 2.14. The van der Waals surface area contributed by atoms with Gasteiger partial charge in [-0.15, -0.1) is 0 Å². The zero-order valence-electron chi connectivity index (χ0n) is 10.9. The molecule has 4 nitrogen and oxygen atoms in total. The van der Waals surface area contributed by atoms with Crippen LogP contribution in [0.5, 0.6) is 0 Å². The summed E-state index contributed by atoms with van der Waals surface area (Å²) < 4.78 is 12.8. The molecule has 0 unspecified atom stereocenters. The summed E-state index contributed by atoms with van der Waals surface area (Å²) >= 11 is 0. The second kappa shape index (κ2) is 5.93. The number of benzene rings is 1. The number of piperazine rings is 1. The lowest BCUT2D eigenvalue weighted by molar-refractivity contribution is -0.128. The molecule has 1 fully saturated rings. The number of Topliss-reactive ketones (excluding diaryl/α,β-unsaturated/α-hetero) is 1. The summed E-state index contributed by atoms with van der Waals surface area (Å²) in [6, 6.07) is 5.07. The van der Waals surface area contributed by atoms with E-state index in [0.29, 0.717) is 13.1 Å². The number of carbonyl (C=O) groups excluding carboxylic acids is 2. The van der Waals surface area contributed by atoms with Crippen molar-refractivity contribution in [1.29, 1.82) is 0 Å². The first kappa shape index (κ1) is 13.7. The van der Waals surface area contributed by atoms with Gasteiger partial charge in [-0.2, -0.15) is 0 Å². The Hall–Kier alpha value is -1.75. The molecule has 0 saturated carbocycles. The van der Waals surface area contributed by atoms with Crippen LogP contribution in [-0.2, 0) is 4.79 Å². The molecule has 1 aromatic rings. The Bertz CT molecular complexity index is 465. The number of halogens is 1. The van der Waals surface area contributed by atoms with E-state index in [9.17, 15) is 14.0 Å². The second-order valence-corrected chi connectivity index (χ2v) is 4.56. The number of hydrogen-bond acceptors (Lipinski definition) is 3. The molecule has 1 aliphatic rings. The lowest BCUT2D eigenvalue weighted by atomic mass is 10.1. The highest BCUT2D eigenvalue weighted by Gasteiger charge is 2.26. The van der Waals surface area contributed by atoms with E-state index in [1.165, 1.54) is 24.3 Å². The van der Waals surface area contributed by atoms with Crippen molar-refractivity contribution >= 4 is 11.7 Å². The van der Waals surface area contributed by atoms with Crippen molar-refractivity contribution in [3.63, 3.8) is 0 Å². The lowest BCUT2D eigenvalue weighted by Crippen LogP contribution is -2.50. The van der Waals surface area contributed by atoms with Gasteiger partial charge in [0.15, 0.2) is 0 Å². The fourth-order valence-corrected chi connectivity index (χ4v) is 2.14. The standard InChI is InChI=1S/C14H17FN2O2/c1-2-16-7-9-17(10-8-16)14(19)13(18)11-3-5-12(15)6-4-11/h3-6H,2,7-10H2,1H3. The smallest absolute Gasteiger partial charge is 0.295 e. The molecule has 0 atom stereocenters. The molecule has 0 N–H and O–H groups in total. The van der Waals surface area contributed by atoms with Crippen molar-refractivity contribution in [1.82, 2.24) is 9.80 Å². The van der Waals surface area contributed by atoms with Crippen LogP contribution < -0.4 is 0 Å². The van der Waals surface area contributed by atoms with E-state index in [1.807, 2.05) is 0 Å². The van der Waals surface area contributed by atoms with Crippen LogP contribution in [-0.4, -0.2) is 54.2 Å². The van der Waals surface area contributed by atoms with E-state index in [2.05, 4.69) is 11.8 Å². The zero-order valence-corrected chi connectivity index (χ0v) is 10.9. The van der Waals surface area contributed by atoms with Gasteiger partial charge in [0.25, 0.3) is 5.91 Å². The Morgan fingerprint density at radius 3 is 2.21 bits per heavy atom. The minimum absolute atomic E-state index is 0.240. The molecule has 0 radical (unpaired) electrons. The quantitative estimate of drug-likeness (QED) is 0.608. The molecule has 0 aliphatic carbocycles. The minimum Gasteiger partial charge on any atom is -0.333 e. The first-order chi connectivity index (χ1) is 9.11. The number of likely N-dealkylation sites (N-methyl/N-ethyl adjacent to an activating group) is 1. The number of rotatable bonds is 3. The van der Waals surface area contributed by atoms with Gasteiger partial charge in [-0.05, 0) is 30.8 Å². The summed E-state index contributed by atoms with van der Waals surface area (Å²) in [6.45, 7) is 5.74. The predicted octanol–water partition coefficient (Wildman–Crippen LogP) is 1.17. The summed E-state index contributed by atoms with van der Waals surface area (Å²) in [5, 5.41) is 0. The average molecular weight is 264 g/mol. The number of amides is 1. The maximum Gasteiger partial charge on any atom is 0.295 e. The van der Waals surface area contributed by atoms with E-state index in [1.54, 1.807) is 4.90 Å². The highest BCUT2D eigenvalue weighted by atomic mass is 19.1. The molecule has 5 heteroatoms. The molecule has 1 saturated heterocycles. The third-order valence-corrected chi connectivity index (χ3v) is 3.41. The molecule has 19 heavy (non-hydrogen) atoms. The maximum absolute atomic E-state index is 12.8. The number of carbonyl (C=O) groups is 2. The van der Waals surface area contributed by atoms with Crippen LogP contribution >= 0.6 is 0 Å². The van der Waals surface area contributed by atoms with E-state index >= 15 is 0 Å². The third-order valence-electron chi connectivity index (χ3n) is 3.41. The molecule has 2 rings (SSSR count). The highest BCUT2D eigenvalue weighted by molar-refractivity contribution is 6.42. The molecule has 1 amide bonds. The van der Waals surface area contributed by atoms with Crippen LogP contribution in [0.25, 0.3) is 0 Å². The molecule has 1 aromatic carbocycles. The number of hydrogen-bond donors (Lipinski definition) is 0. The Labute approximate surface area is 111 Å². The fraction of sp³-hybridized carbons (Fsp3) is 0.429. The second-order valence-electron chi connectivity index (χ2n) is 4.56. The van der Waals surface area contributed by atoms with Crippen LogP contribution in [0.1, 0.15) is 17.3 Å². The molecule has 102 valence electrons. The molecule has 1 heterocycles. The maximum atomic E-state index is 12.8. The first-order valence-corrected chi connectivity index (χ1v) is 6.43. The van der Waals surface area contributed by atoms with Crippen molar-refractivity contribution in [3.05, 3.63) is 35.6 Å². The van der Waals surface area contributed by atoms with Gasteiger partial charge >= 0.3 is 0 Å². The Balaban J connectivity index is 2.00. The predicted molar refractivity (Wildman–Crippen MR) is 69.4 cm³/mol. The van der Waals surface area contributed by atoms with Gasteiger partial charge < -0.3 is 9.80 Å². The Morgan fingerprint density at radius 1 is 1.11 bits per heavy atom. The Morgan fingerprint density at radius 2 is 1.68 bits per heavy atom. The van der Waals surface area contributed by atoms with Gasteiger partial charge in [0.05, 0.1) is 0 Å². The Kier molecular flexibility index (Phi) is 4.27. The molecular formula is C14H17FN2O2. The average Bonchev–Trinajstić information content (AvgIpc) is 2.46. The minimum atomic E-state index is -0.565. The summed E-state index contributed by atoms with van der Waals surface area (Å²) in [5.41, 5.74) is 0.240. The number of ketones is 1. The van der Waals surface area contributed by atoms with Crippen LogP contribution in [0.2, 0.25) is 0 Å². The van der Waals surface area contributed by atoms with Crippen molar-refractivity contribution in [2.75, 3.05) is 32.7 Å². The van der Waals surface area contributed by atoms with Crippen molar-refractivity contribution in [3.8, 4) is 0 Å². The van der Waals surface area contributed by atoms with Gasteiger partial charge in [0.2, 0.25) is 5.78 Å². The van der Waals surface area contributed by atoms with Gasteiger partial charge in [-0.1, -0.05) is 6.92 Å². The normalized spacial score (nSPS) is 16.4. The summed E-state index contributed by atoms with van der Waals surface area (Å²) in [7, 11) is 0. The van der Waals surface area contributed by atoms with E-state index in [-0.39, 0.29) is 5.56 Å². The first-order valence-electron chi connectivity index (χ1n) is 6.43. The van der Waals surface area contributed by atoms with Gasteiger partial charge in [-0.3, -0.25) is 9.59 Å². The lowest BCUT2D eigenvalue weighted by Gasteiger charge is -2.33. The van der Waals surface area contributed by atoms with Crippen molar-refractivity contribution < 1.29 is 14.0 Å². The highest BCUT2D eigenvalue weighted by Crippen LogP contribution is 2.08. The van der Waals surface area contributed by atoms with Crippen molar-refractivity contribution in [2.45, 2.75) is 6.92 Å². The zero-order chi connectivity index (χ0) is 13.8. The molecule has 0 bridgehead atoms. The van der Waals surface area contributed by atoms with Gasteiger partial charge in [0.1, 0.15) is 5.82 Å². The van der Waals surface area contributed by atoms with Gasteiger partial charge in [-0.25, -0.2) is 4.39 Å². The summed E-state index contributed by atoms with van der Waals surface area (Å²) in [6.07, 6.45) is 0. The number of nitrogens with zero attached hydrogens (tertiary/aromatic N) is 2. The molecule has 1 aliphatic heterocycles. The van der Waals surface area contributed by atoms with Crippen molar-refractivity contribution in [2.24, 2.45) is 0 Å².